The van der Waals surface area contributed by atoms with Gasteiger partial charge in [0.15, 0.2) is 6.61 Å². The van der Waals surface area contributed by atoms with Crippen molar-refractivity contribution < 1.29 is 14.3 Å². The summed E-state index contributed by atoms with van der Waals surface area (Å²) in [6, 6.07) is 6.34. The van der Waals surface area contributed by atoms with E-state index in [-0.39, 0.29) is 18.6 Å². The minimum atomic E-state index is -0.483. The van der Waals surface area contributed by atoms with Crippen LogP contribution in [-0.2, 0) is 27.2 Å². The minimum absolute atomic E-state index is 0.0976. The number of allylic oxidation sites excluding steroid dienone is 1. The maximum atomic E-state index is 11.9. The molecule has 1 atom stereocenters. The molecule has 23 heavy (non-hydrogen) atoms. The minimum Gasteiger partial charge on any atom is -0.452 e. The summed E-state index contributed by atoms with van der Waals surface area (Å²) in [5.74, 6) is -0.767. The van der Waals surface area contributed by atoms with E-state index in [1.807, 2.05) is 13.8 Å². The number of benzene rings is 1. The second-order valence-corrected chi connectivity index (χ2v) is 5.94. The van der Waals surface area contributed by atoms with Crippen LogP contribution in [0.15, 0.2) is 30.4 Å². The number of hydrogen-bond donors (Lipinski definition) is 1. The first-order valence-electron chi connectivity index (χ1n) is 8.34. The molecule has 0 bridgehead atoms. The summed E-state index contributed by atoms with van der Waals surface area (Å²) in [7, 11) is 0. The maximum Gasteiger partial charge on any atom is 0.330 e. The van der Waals surface area contributed by atoms with Crippen LogP contribution in [-0.4, -0.2) is 18.5 Å². The van der Waals surface area contributed by atoms with E-state index in [2.05, 4.69) is 23.5 Å². The van der Waals surface area contributed by atoms with Crippen LogP contribution in [0.5, 0.6) is 0 Å². The normalized spacial score (nSPS) is 15.0. The molecule has 4 nitrogen and oxygen atoms in total. The largest absolute Gasteiger partial charge is 0.452 e. The molecule has 0 aromatic heterocycles. The molecule has 1 aliphatic carbocycles. The molecule has 1 N–H and O–H groups in total. The van der Waals surface area contributed by atoms with E-state index in [0.717, 1.165) is 24.8 Å². The highest BCUT2D eigenvalue weighted by Gasteiger charge is 2.14. The highest BCUT2D eigenvalue weighted by atomic mass is 16.5. The molecule has 0 saturated heterocycles. The zero-order valence-electron chi connectivity index (χ0n) is 13.9. The van der Waals surface area contributed by atoms with Crippen molar-refractivity contribution in [2.45, 2.75) is 52.0 Å². The number of esters is 1. The Hall–Kier alpha value is -2.10. The van der Waals surface area contributed by atoms with Gasteiger partial charge in [0, 0.05) is 6.08 Å². The van der Waals surface area contributed by atoms with Crippen molar-refractivity contribution in [2.75, 3.05) is 6.61 Å². The number of fused-ring (bicyclic) bond motifs is 1. The number of nitrogens with one attached hydrogen (secondary N) is 1. The third kappa shape index (κ3) is 5.23. The highest BCUT2D eigenvalue weighted by Crippen LogP contribution is 2.24. The van der Waals surface area contributed by atoms with E-state index < -0.39 is 5.97 Å². The summed E-state index contributed by atoms with van der Waals surface area (Å²) < 4.78 is 4.90. The van der Waals surface area contributed by atoms with Gasteiger partial charge >= 0.3 is 5.97 Å². The number of amides is 1. The Bertz CT molecular complexity index is 592. The molecule has 1 aliphatic rings. The summed E-state index contributed by atoms with van der Waals surface area (Å²) in [4.78, 5) is 23.2. The Morgan fingerprint density at radius 3 is 2.74 bits per heavy atom. The van der Waals surface area contributed by atoms with Gasteiger partial charge in [-0.1, -0.05) is 31.2 Å². The molecule has 1 unspecified atom stereocenters. The molecule has 0 aliphatic heterocycles. The fraction of sp³-hybridized carbons (Fsp3) is 0.474. The van der Waals surface area contributed by atoms with Crippen molar-refractivity contribution in [3.63, 3.8) is 0 Å². The van der Waals surface area contributed by atoms with E-state index >= 15 is 0 Å². The predicted molar refractivity (Wildman–Crippen MR) is 90.0 cm³/mol. The summed E-state index contributed by atoms with van der Waals surface area (Å²) in [6.45, 7) is 3.63. The van der Waals surface area contributed by atoms with Crippen LogP contribution < -0.4 is 5.32 Å². The molecule has 4 heteroatoms. The molecule has 0 spiro atoms. The lowest BCUT2D eigenvalue weighted by molar-refractivity contribution is -0.144. The van der Waals surface area contributed by atoms with Gasteiger partial charge in [0.1, 0.15) is 0 Å². The van der Waals surface area contributed by atoms with Gasteiger partial charge in [-0.3, -0.25) is 4.79 Å². The molecule has 2 rings (SSSR count). The SMILES string of the molecule is CC/C=C/C(=O)OCC(=O)NC(C)c1ccc2c(c1)CCCC2. The first-order chi connectivity index (χ1) is 11.1. The van der Waals surface area contributed by atoms with Gasteiger partial charge in [-0.15, -0.1) is 0 Å². The van der Waals surface area contributed by atoms with E-state index in [9.17, 15) is 9.59 Å². The lowest BCUT2D eigenvalue weighted by atomic mass is 9.89. The Morgan fingerprint density at radius 2 is 2.00 bits per heavy atom. The van der Waals surface area contributed by atoms with Gasteiger partial charge in [-0.2, -0.15) is 0 Å². The van der Waals surface area contributed by atoms with Gasteiger partial charge < -0.3 is 10.1 Å². The highest BCUT2D eigenvalue weighted by molar-refractivity contribution is 5.85. The zero-order valence-corrected chi connectivity index (χ0v) is 13.9. The van der Waals surface area contributed by atoms with Crippen LogP contribution in [0.4, 0.5) is 0 Å². The molecule has 1 aromatic carbocycles. The molecule has 0 saturated carbocycles. The van der Waals surface area contributed by atoms with Crippen LogP contribution in [0, 0.1) is 0 Å². The second-order valence-electron chi connectivity index (χ2n) is 5.94. The van der Waals surface area contributed by atoms with Gasteiger partial charge in [0.05, 0.1) is 6.04 Å². The van der Waals surface area contributed by atoms with E-state index in [1.54, 1.807) is 6.08 Å². The fourth-order valence-corrected chi connectivity index (χ4v) is 2.79. The van der Waals surface area contributed by atoms with Crippen LogP contribution in [0.2, 0.25) is 0 Å². The predicted octanol–water partition coefficient (Wildman–Crippen LogP) is 3.25. The average Bonchev–Trinajstić information content (AvgIpc) is 2.57. The maximum absolute atomic E-state index is 11.9. The first kappa shape index (κ1) is 17.3. The van der Waals surface area contributed by atoms with E-state index in [4.69, 9.17) is 4.74 Å². The standard InChI is InChI=1S/C19H25NO3/c1-3-4-9-19(22)23-13-18(21)20-14(2)16-11-10-15-7-5-6-8-17(15)12-16/h4,9-12,14H,3,5-8,13H2,1-2H3,(H,20,21)/b9-4+. The molecule has 1 aromatic rings. The van der Waals surface area contributed by atoms with Gasteiger partial charge in [0.2, 0.25) is 0 Å². The number of hydrogen-bond acceptors (Lipinski definition) is 3. The van der Waals surface area contributed by atoms with Crippen molar-refractivity contribution in [1.29, 1.82) is 0 Å². The Kier molecular flexibility index (Phi) is 6.39. The number of carbonyl (C=O) groups excluding carboxylic acids is 2. The summed E-state index contributed by atoms with van der Waals surface area (Å²) >= 11 is 0. The number of ether oxygens (including phenoxy) is 1. The van der Waals surface area contributed by atoms with Crippen molar-refractivity contribution in [1.82, 2.24) is 5.32 Å². The smallest absolute Gasteiger partial charge is 0.330 e. The molecule has 0 heterocycles. The Morgan fingerprint density at radius 1 is 1.26 bits per heavy atom. The molecule has 124 valence electrons. The lowest BCUT2D eigenvalue weighted by Crippen LogP contribution is -2.31. The van der Waals surface area contributed by atoms with Gasteiger partial charge in [-0.05, 0) is 55.7 Å². The Labute approximate surface area is 137 Å². The van der Waals surface area contributed by atoms with Crippen molar-refractivity contribution >= 4 is 11.9 Å². The number of carbonyl (C=O) groups is 2. The van der Waals surface area contributed by atoms with Crippen LogP contribution >= 0.6 is 0 Å². The van der Waals surface area contributed by atoms with Crippen LogP contribution in [0.25, 0.3) is 0 Å². The van der Waals surface area contributed by atoms with Gasteiger partial charge in [0.25, 0.3) is 5.91 Å². The monoisotopic (exact) mass is 315 g/mol. The van der Waals surface area contributed by atoms with Crippen molar-refractivity contribution in [2.24, 2.45) is 0 Å². The molecular formula is C19H25NO3. The molecule has 1 amide bonds. The molecule has 0 radical (unpaired) electrons. The van der Waals surface area contributed by atoms with Gasteiger partial charge in [-0.25, -0.2) is 4.79 Å². The van der Waals surface area contributed by atoms with E-state index in [1.165, 1.54) is 30.0 Å². The summed E-state index contributed by atoms with van der Waals surface area (Å²) in [6.07, 6.45) is 8.57. The average molecular weight is 315 g/mol. The zero-order chi connectivity index (χ0) is 16.7. The van der Waals surface area contributed by atoms with Crippen molar-refractivity contribution in [3.05, 3.63) is 47.0 Å². The third-order valence-corrected chi connectivity index (χ3v) is 4.09. The number of aryl methyl sites for hydroxylation is 2. The van der Waals surface area contributed by atoms with Crippen molar-refractivity contribution in [3.8, 4) is 0 Å². The third-order valence-electron chi connectivity index (χ3n) is 4.09. The first-order valence-corrected chi connectivity index (χ1v) is 8.34. The lowest BCUT2D eigenvalue weighted by Gasteiger charge is -2.20. The summed E-state index contributed by atoms with van der Waals surface area (Å²) in [5, 5.41) is 2.87. The number of rotatable bonds is 6. The quantitative estimate of drug-likeness (QED) is 0.647. The fourth-order valence-electron chi connectivity index (χ4n) is 2.79. The van der Waals surface area contributed by atoms with Crippen LogP contribution in [0.3, 0.4) is 0 Å². The van der Waals surface area contributed by atoms with Crippen LogP contribution in [0.1, 0.15) is 55.8 Å². The topological polar surface area (TPSA) is 55.4 Å². The summed E-state index contributed by atoms with van der Waals surface area (Å²) in [5.41, 5.74) is 3.91. The van der Waals surface area contributed by atoms with E-state index in [0.29, 0.717) is 0 Å². The Balaban J connectivity index is 1.86. The molecular weight excluding hydrogens is 290 g/mol. The molecule has 0 fully saturated rings. The second kappa shape index (κ2) is 8.51.